The minimum absolute atomic E-state index is 0. The van der Waals surface area contributed by atoms with E-state index >= 15 is 0 Å². The molecule has 0 radical (unpaired) electrons. The van der Waals surface area contributed by atoms with Crippen LogP contribution in [0.4, 0.5) is 4.79 Å². The van der Waals surface area contributed by atoms with Crippen LogP contribution in [0.1, 0.15) is 43.1 Å². The molecule has 0 aliphatic carbocycles. The topological polar surface area (TPSA) is 75.6 Å². The number of para-hydroxylation sites is 1. The number of ether oxygens (including phenoxy) is 1. The fraction of sp³-hybridized carbons (Fsp3) is 0.500. The van der Waals surface area contributed by atoms with Crippen molar-refractivity contribution in [1.29, 1.82) is 0 Å². The van der Waals surface area contributed by atoms with Crippen LogP contribution in [0.2, 0.25) is 0 Å². The molecule has 0 saturated carbocycles. The average Bonchev–Trinajstić information content (AvgIpc) is 3.08. The molecule has 7 nitrogen and oxygen atoms in total. The van der Waals surface area contributed by atoms with Gasteiger partial charge in [0, 0.05) is 23.5 Å². The Hall–Kier alpha value is -2.25. The number of esters is 1. The molecule has 8 heteroatoms. The van der Waals surface area contributed by atoms with Crippen molar-refractivity contribution in [2.45, 2.75) is 50.7 Å². The lowest BCUT2D eigenvalue weighted by molar-refractivity contribution is 0.0516. The maximum Gasteiger partial charge on any atom is 0.356 e. The summed E-state index contributed by atoms with van der Waals surface area (Å²) in [5.41, 5.74) is 3.91. The fourth-order valence-corrected chi connectivity index (χ4v) is 4.48. The van der Waals surface area contributed by atoms with Crippen molar-refractivity contribution in [3.8, 4) is 0 Å². The Kier molecular flexibility index (Phi) is 6.15. The molecule has 2 amide bonds. The summed E-state index contributed by atoms with van der Waals surface area (Å²) in [6, 6.07) is 10.3. The second-order valence-electron chi connectivity index (χ2n) is 7.45. The van der Waals surface area contributed by atoms with E-state index in [9.17, 15) is 9.59 Å². The minimum Gasteiger partial charge on any atom is -0.461 e. The Morgan fingerprint density at radius 3 is 2.54 bits per heavy atom. The van der Waals surface area contributed by atoms with Gasteiger partial charge in [-0.15, -0.1) is 12.4 Å². The molecule has 4 rings (SSSR count). The van der Waals surface area contributed by atoms with Crippen molar-refractivity contribution in [3.63, 3.8) is 0 Å². The van der Waals surface area contributed by atoms with Crippen molar-refractivity contribution in [2.75, 3.05) is 19.1 Å². The monoisotopic (exact) mass is 406 g/mol. The summed E-state index contributed by atoms with van der Waals surface area (Å²) in [4.78, 5) is 27.4. The number of rotatable bonds is 4. The van der Waals surface area contributed by atoms with Crippen molar-refractivity contribution >= 4 is 35.3 Å². The van der Waals surface area contributed by atoms with Gasteiger partial charge in [-0.2, -0.15) is 0 Å². The molecule has 1 aromatic heterocycles. The SMILES string of the molecule is CCOC(=O)c1cc2ccccc2n1NC(=O)NC1CC2CCC(C1)N2C.Cl. The predicted octanol–water partition coefficient (Wildman–Crippen LogP) is 3.12. The minimum atomic E-state index is -0.452. The molecule has 3 heterocycles. The lowest BCUT2D eigenvalue weighted by Crippen LogP contribution is -2.50. The number of hydrogen-bond acceptors (Lipinski definition) is 4. The van der Waals surface area contributed by atoms with Gasteiger partial charge in [0.25, 0.3) is 0 Å². The van der Waals surface area contributed by atoms with Gasteiger partial charge in [-0.05, 0) is 51.8 Å². The highest BCUT2D eigenvalue weighted by atomic mass is 35.5. The first-order chi connectivity index (χ1) is 13.1. The van der Waals surface area contributed by atoms with Gasteiger partial charge in [0.2, 0.25) is 0 Å². The first kappa shape index (κ1) is 20.5. The van der Waals surface area contributed by atoms with Crippen LogP contribution in [0.25, 0.3) is 10.9 Å². The van der Waals surface area contributed by atoms with Crippen molar-refractivity contribution in [3.05, 3.63) is 36.0 Å². The highest BCUT2D eigenvalue weighted by molar-refractivity contribution is 5.97. The number of halogens is 1. The Labute approximate surface area is 170 Å². The molecular weight excluding hydrogens is 380 g/mol. The lowest BCUT2D eigenvalue weighted by Gasteiger charge is -2.36. The molecule has 28 heavy (non-hydrogen) atoms. The van der Waals surface area contributed by atoms with E-state index in [1.807, 2.05) is 24.3 Å². The number of hydrogen-bond donors (Lipinski definition) is 2. The molecule has 2 aromatic rings. The van der Waals surface area contributed by atoms with Gasteiger partial charge in [-0.1, -0.05) is 18.2 Å². The molecule has 2 fully saturated rings. The van der Waals surface area contributed by atoms with Crippen molar-refractivity contribution < 1.29 is 14.3 Å². The van der Waals surface area contributed by atoms with Crippen LogP contribution in [0.15, 0.2) is 30.3 Å². The van der Waals surface area contributed by atoms with E-state index in [2.05, 4.69) is 22.7 Å². The third-order valence-corrected chi connectivity index (χ3v) is 5.84. The highest BCUT2D eigenvalue weighted by Gasteiger charge is 2.38. The maximum absolute atomic E-state index is 12.7. The van der Waals surface area contributed by atoms with Gasteiger partial charge < -0.3 is 15.0 Å². The summed E-state index contributed by atoms with van der Waals surface area (Å²) in [5.74, 6) is -0.452. The first-order valence-corrected chi connectivity index (χ1v) is 9.64. The Bertz CT molecular complexity index is 854. The number of fused-ring (bicyclic) bond motifs is 3. The third kappa shape index (κ3) is 3.82. The van der Waals surface area contributed by atoms with E-state index in [4.69, 9.17) is 4.74 Å². The number of urea groups is 1. The van der Waals surface area contributed by atoms with Crippen LogP contribution in [0.3, 0.4) is 0 Å². The van der Waals surface area contributed by atoms with E-state index < -0.39 is 5.97 Å². The Morgan fingerprint density at radius 1 is 1.18 bits per heavy atom. The number of carbonyl (C=O) groups excluding carboxylic acids is 2. The van der Waals surface area contributed by atoms with Gasteiger partial charge in [0.1, 0.15) is 5.69 Å². The smallest absolute Gasteiger partial charge is 0.356 e. The number of amides is 2. The molecule has 2 atom stereocenters. The molecule has 2 bridgehead atoms. The maximum atomic E-state index is 12.7. The summed E-state index contributed by atoms with van der Waals surface area (Å²) >= 11 is 0. The van der Waals surface area contributed by atoms with Gasteiger partial charge in [0.15, 0.2) is 0 Å². The molecule has 152 valence electrons. The van der Waals surface area contributed by atoms with E-state index in [-0.39, 0.29) is 31.1 Å². The van der Waals surface area contributed by atoms with Crippen LogP contribution >= 0.6 is 12.4 Å². The second-order valence-corrected chi connectivity index (χ2v) is 7.45. The quantitative estimate of drug-likeness (QED) is 0.765. The first-order valence-electron chi connectivity index (χ1n) is 9.64. The molecule has 2 aliphatic rings. The van der Waals surface area contributed by atoms with Crippen molar-refractivity contribution in [1.82, 2.24) is 14.9 Å². The van der Waals surface area contributed by atoms with Crippen LogP contribution in [-0.2, 0) is 4.74 Å². The molecule has 2 N–H and O–H groups in total. The summed E-state index contributed by atoms with van der Waals surface area (Å²) in [6.07, 6.45) is 4.35. The number of nitrogens with zero attached hydrogens (tertiary/aromatic N) is 2. The molecule has 0 spiro atoms. The molecule has 2 unspecified atom stereocenters. The van der Waals surface area contributed by atoms with Crippen LogP contribution in [-0.4, -0.2) is 53.4 Å². The van der Waals surface area contributed by atoms with Gasteiger partial charge in [-0.25, -0.2) is 19.7 Å². The zero-order valence-corrected chi connectivity index (χ0v) is 17.0. The third-order valence-electron chi connectivity index (χ3n) is 5.84. The van der Waals surface area contributed by atoms with E-state index in [1.165, 1.54) is 17.5 Å². The molecule has 2 aliphatic heterocycles. The molecular formula is C20H27ClN4O3. The van der Waals surface area contributed by atoms with Gasteiger partial charge >= 0.3 is 12.0 Å². The molecule has 2 saturated heterocycles. The standard InChI is InChI=1S/C20H26N4O3.ClH/c1-3-27-19(25)18-10-13-6-4-5-7-17(13)24(18)22-20(26)21-14-11-15-8-9-16(12-14)23(15)2;/h4-7,10,14-16H,3,8-9,11-12H2,1-2H3,(H2,21,22,26);1H. The van der Waals surface area contributed by atoms with E-state index in [0.29, 0.717) is 17.8 Å². The van der Waals surface area contributed by atoms with Gasteiger partial charge in [-0.3, -0.25) is 0 Å². The van der Waals surface area contributed by atoms with Crippen LogP contribution in [0.5, 0.6) is 0 Å². The van der Waals surface area contributed by atoms with Crippen LogP contribution in [0, 0.1) is 0 Å². The lowest BCUT2D eigenvalue weighted by atomic mass is 9.98. The largest absolute Gasteiger partial charge is 0.461 e. The normalized spacial score (nSPS) is 23.9. The number of aromatic nitrogens is 1. The van der Waals surface area contributed by atoms with Gasteiger partial charge in [0.05, 0.1) is 12.1 Å². The number of carbonyl (C=O) groups is 2. The zero-order valence-electron chi connectivity index (χ0n) is 16.2. The zero-order chi connectivity index (χ0) is 19.0. The number of piperidine rings is 1. The predicted molar refractivity (Wildman–Crippen MR) is 111 cm³/mol. The Balaban J connectivity index is 0.00000225. The highest BCUT2D eigenvalue weighted by Crippen LogP contribution is 2.34. The van der Waals surface area contributed by atoms with E-state index in [0.717, 1.165) is 23.7 Å². The average molecular weight is 407 g/mol. The molecule has 1 aromatic carbocycles. The van der Waals surface area contributed by atoms with E-state index in [1.54, 1.807) is 13.0 Å². The fourth-order valence-electron chi connectivity index (χ4n) is 4.48. The number of benzene rings is 1. The summed E-state index contributed by atoms with van der Waals surface area (Å²) in [6.45, 7) is 2.05. The van der Waals surface area contributed by atoms with Crippen molar-refractivity contribution in [2.24, 2.45) is 0 Å². The summed E-state index contributed by atoms with van der Waals surface area (Å²) < 4.78 is 6.66. The number of nitrogens with one attached hydrogen (secondary N) is 2. The van der Waals surface area contributed by atoms with Crippen LogP contribution < -0.4 is 10.7 Å². The summed E-state index contributed by atoms with van der Waals surface area (Å²) in [5, 5.41) is 3.97. The second kappa shape index (κ2) is 8.41. The summed E-state index contributed by atoms with van der Waals surface area (Å²) in [7, 11) is 2.18. The Morgan fingerprint density at radius 2 is 1.86 bits per heavy atom.